The highest BCUT2D eigenvalue weighted by atomic mass is 15.3. The van der Waals surface area contributed by atoms with Gasteiger partial charge < -0.3 is 4.57 Å². The van der Waals surface area contributed by atoms with E-state index in [0.717, 1.165) is 5.78 Å². The molecule has 0 N–H and O–H groups in total. The summed E-state index contributed by atoms with van der Waals surface area (Å²) in [5.41, 5.74) is 0. The molecule has 0 bridgehead atoms. The van der Waals surface area contributed by atoms with Crippen molar-refractivity contribution in [1.82, 2.24) is 19.2 Å². The highest BCUT2D eigenvalue weighted by Gasteiger charge is 2.03. The van der Waals surface area contributed by atoms with E-state index in [0.29, 0.717) is 6.04 Å². The molecule has 2 aromatic heterocycles. The molecule has 0 aliphatic rings. The molecule has 0 aliphatic carbocycles. The zero-order valence-electron chi connectivity index (χ0n) is 6.60. The zero-order valence-corrected chi connectivity index (χ0v) is 6.60. The van der Waals surface area contributed by atoms with Crippen LogP contribution in [0.2, 0.25) is 0 Å². The van der Waals surface area contributed by atoms with E-state index in [4.69, 9.17) is 0 Å². The monoisotopic (exact) mass is 150 g/mol. The van der Waals surface area contributed by atoms with Crippen LogP contribution in [0.15, 0.2) is 18.7 Å². The second-order valence-corrected chi connectivity index (χ2v) is 2.80. The third-order valence-corrected chi connectivity index (χ3v) is 1.71. The molecule has 0 saturated heterocycles. The summed E-state index contributed by atoms with van der Waals surface area (Å²) in [4.78, 5) is 4.11. The molecule has 58 valence electrons. The SMILES string of the molecule is CC(C)n1ccn2ncnc12. The standard InChI is InChI=1S/C7H10N4/c1-6(2)10-3-4-11-7(10)8-5-9-11/h3-6H,1-2H3. The minimum absolute atomic E-state index is 0.441. The Bertz CT molecular complexity index is 357. The molecule has 4 heteroatoms. The van der Waals surface area contributed by atoms with E-state index in [1.165, 1.54) is 0 Å². The van der Waals surface area contributed by atoms with Gasteiger partial charge >= 0.3 is 0 Å². The summed E-state index contributed by atoms with van der Waals surface area (Å²) in [6.07, 6.45) is 5.45. The largest absolute Gasteiger partial charge is 0.313 e. The number of nitrogens with zero attached hydrogens (tertiary/aromatic N) is 4. The lowest BCUT2D eigenvalue weighted by atomic mass is 10.4. The van der Waals surface area contributed by atoms with E-state index < -0.39 is 0 Å². The maximum Gasteiger partial charge on any atom is 0.232 e. The van der Waals surface area contributed by atoms with Crippen molar-refractivity contribution in [3.63, 3.8) is 0 Å². The zero-order chi connectivity index (χ0) is 7.84. The van der Waals surface area contributed by atoms with E-state index in [9.17, 15) is 0 Å². The van der Waals surface area contributed by atoms with E-state index in [1.807, 2.05) is 12.4 Å². The summed E-state index contributed by atoms with van der Waals surface area (Å²) in [5.74, 6) is 0.903. The average Bonchev–Trinajstić information content (AvgIpc) is 2.41. The average molecular weight is 150 g/mol. The smallest absolute Gasteiger partial charge is 0.232 e. The second kappa shape index (κ2) is 2.08. The Kier molecular flexibility index (Phi) is 1.21. The Balaban J connectivity index is 2.68. The molecule has 11 heavy (non-hydrogen) atoms. The molecule has 0 aliphatic heterocycles. The fourth-order valence-corrected chi connectivity index (χ4v) is 1.14. The van der Waals surface area contributed by atoms with Crippen LogP contribution in [0.25, 0.3) is 5.78 Å². The topological polar surface area (TPSA) is 35.1 Å². The van der Waals surface area contributed by atoms with Gasteiger partial charge in [-0.1, -0.05) is 0 Å². The Labute approximate surface area is 64.5 Å². The first-order valence-electron chi connectivity index (χ1n) is 3.65. The number of imidazole rings is 1. The summed E-state index contributed by atoms with van der Waals surface area (Å²) >= 11 is 0. The Morgan fingerprint density at radius 2 is 2.18 bits per heavy atom. The molecular weight excluding hydrogens is 140 g/mol. The van der Waals surface area contributed by atoms with Crippen LogP contribution in [0.4, 0.5) is 0 Å². The van der Waals surface area contributed by atoms with Crippen LogP contribution in [0.3, 0.4) is 0 Å². The molecule has 0 saturated carbocycles. The van der Waals surface area contributed by atoms with Crippen LogP contribution in [-0.2, 0) is 0 Å². The number of aromatic nitrogens is 4. The molecule has 2 aromatic rings. The molecule has 0 atom stereocenters. The first kappa shape index (κ1) is 6.39. The van der Waals surface area contributed by atoms with E-state index >= 15 is 0 Å². The predicted molar refractivity (Wildman–Crippen MR) is 41.4 cm³/mol. The van der Waals surface area contributed by atoms with Gasteiger partial charge in [-0.2, -0.15) is 10.1 Å². The molecule has 2 rings (SSSR count). The number of rotatable bonds is 1. The van der Waals surface area contributed by atoms with Crippen molar-refractivity contribution in [2.75, 3.05) is 0 Å². The maximum absolute atomic E-state index is 4.11. The molecule has 0 aromatic carbocycles. The fraction of sp³-hybridized carbons (Fsp3) is 0.429. The first-order chi connectivity index (χ1) is 5.29. The molecule has 0 unspecified atom stereocenters. The second-order valence-electron chi connectivity index (χ2n) is 2.80. The third kappa shape index (κ3) is 0.824. The van der Waals surface area contributed by atoms with Crippen molar-refractivity contribution in [2.24, 2.45) is 0 Å². The van der Waals surface area contributed by atoms with Gasteiger partial charge in [0.1, 0.15) is 6.33 Å². The fourth-order valence-electron chi connectivity index (χ4n) is 1.14. The van der Waals surface area contributed by atoms with Crippen LogP contribution in [0.1, 0.15) is 19.9 Å². The highest BCUT2D eigenvalue weighted by Crippen LogP contribution is 2.08. The third-order valence-electron chi connectivity index (χ3n) is 1.71. The molecule has 4 nitrogen and oxygen atoms in total. The van der Waals surface area contributed by atoms with Crippen LogP contribution < -0.4 is 0 Å². The number of hydrogen-bond acceptors (Lipinski definition) is 2. The lowest BCUT2D eigenvalue weighted by molar-refractivity contribution is 0.614. The van der Waals surface area contributed by atoms with Gasteiger partial charge in [0.25, 0.3) is 0 Å². The van der Waals surface area contributed by atoms with Crippen molar-refractivity contribution in [1.29, 1.82) is 0 Å². The summed E-state index contributed by atoms with van der Waals surface area (Å²) < 4.78 is 3.84. The number of fused-ring (bicyclic) bond motifs is 1. The van der Waals surface area contributed by atoms with Gasteiger partial charge in [0, 0.05) is 18.4 Å². The summed E-state index contributed by atoms with van der Waals surface area (Å²) in [6.45, 7) is 4.24. The summed E-state index contributed by atoms with van der Waals surface area (Å²) in [5, 5.41) is 4.01. The molecule has 0 radical (unpaired) electrons. The van der Waals surface area contributed by atoms with Gasteiger partial charge in [-0.05, 0) is 13.8 Å². The maximum atomic E-state index is 4.11. The number of hydrogen-bond donors (Lipinski definition) is 0. The summed E-state index contributed by atoms with van der Waals surface area (Å²) in [7, 11) is 0. The lowest BCUT2D eigenvalue weighted by Crippen LogP contribution is -1.99. The predicted octanol–water partition coefficient (Wildman–Crippen LogP) is 1.11. The van der Waals surface area contributed by atoms with Crippen molar-refractivity contribution < 1.29 is 0 Å². The Hall–Kier alpha value is -1.32. The molecular formula is C7H10N4. The Morgan fingerprint density at radius 1 is 1.36 bits per heavy atom. The Morgan fingerprint density at radius 3 is 2.91 bits per heavy atom. The van der Waals surface area contributed by atoms with Gasteiger partial charge in [0.2, 0.25) is 5.78 Å². The van der Waals surface area contributed by atoms with Gasteiger partial charge in [0.05, 0.1) is 0 Å². The first-order valence-corrected chi connectivity index (χ1v) is 3.65. The lowest BCUT2D eigenvalue weighted by Gasteiger charge is -2.04. The highest BCUT2D eigenvalue weighted by molar-refractivity contribution is 5.27. The molecule has 0 spiro atoms. The van der Waals surface area contributed by atoms with Crippen LogP contribution in [0.5, 0.6) is 0 Å². The van der Waals surface area contributed by atoms with Gasteiger partial charge in [-0.15, -0.1) is 0 Å². The van der Waals surface area contributed by atoms with E-state index in [2.05, 4.69) is 28.5 Å². The molecule has 2 heterocycles. The van der Waals surface area contributed by atoms with Crippen molar-refractivity contribution >= 4 is 5.78 Å². The van der Waals surface area contributed by atoms with Gasteiger partial charge in [0.15, 0.2) is 0 Å². The van der Waals surface area contributed by atoms with E-state index in [-0.39, 0.29) is 0 Å². The minimum atomic E-state index is 0.441. The molecule has 0 fully saturated rings. The van der Waals surface area contributed by atoms with Crippen LogP contribution in [0, 0.1) is 0 Å². The van der Waals surface area contributed by atoms with Crippen molar-refractivity contribution in [2.45, 2.75) is 19.9 Å². The minimum Gasteiger partial charge on any atom is -0.313 e. The molecule has 0 amide bonds. The van der Waals surface area contributed by atoms with Gasteiger partial charge in [-0.3, -0.25) is 0 Å². The normalized spacial score (nSPS) is 11.5. The van der Waals surface area contributed by atoms with Crippen molar-refractivity contribution in [3.05, 3.63) is 18.7 Å². The van der Waals surface area contributed by atoms with Crippen LogP contribution in [-0.4, -0.2) is 19.2 Å². The van der Waals surface area contributed by atoms with Crippen molar-refractivity contribution in [3.8, 4) is 0 Å². The van der Waals surface area contributed by atoms with Crippen LogP contribution >= 0.6 is 0 Å². The van der Waals surface area contributed by atoms with E-state index in [1.54, 1.807) is 10.8 Å². The van der Waals surface area contributed by atoms with Gasteiger partial charge in [-0.25, -0.2) is 4.52 Å². The summed E-state index contributed by atoms with van der Waals surface area (Å²) in [6, 6.07) is 0.441. The quantitative estimate of drug-likeness (QED) is 0.610.